The molecule has 9 rings (SSSR count). The summed E-state index contributed by atoms with van der Waals surface area (Å²) in [5.41, 5.74) is 11.9. The van der Waals surface area contributed by atoms with E-state index < -0.39 is 0 Å². The molecule has 1 aliphatic rings. The average Bonchev–Trinajstić information content (AvgIpc) is 3.54. The van der Waals surface area contributed by atoms with Gasteiger partial charge in [0, 0.05) is 16.3 Å². The van der Waals surface area contributed by atoms with E-state index in [9.17, 15) is 0 Å². The molecule has 0 saturated carbocycles. The van der Waals surface area contributed by atoms with Crippen molar-refractivity contribution in [3.8, 4) is 44.5 Å². The van der Waals surface area contributed by atoms with Gasteiger partial charge >= 0.3 is 0 Å². The Balaban J connectivity index is 1.29. The van der Waals surface area contributed by atoms with Crippen LogP contribution in [0.3, 0.4) is 0 Å². The van der Waals surface area contributed by atoms with E-state index in [2.05, 4.69) is 133 Å². The van der Waals surface area contributed by atoms with Crippen LogP contribution < -0.4 is 0 Å². The first-order chi connectivity index (χ1) is 19.3. The molecule has 0 spiro atoms. The summed E-state index contributed by atoms with van der Waals surface area (Å²) in [6.45, 7) is 0. The third-order valence-corrected chi connectivity index (χ3v) is 8.42. The number of benzene rings is 7. The van der Waals surface area contributed by atoms with Crippen LogP contribution in [0.2, 0.25) is 0 Å². The van der Waals surface area contributed by atoms with Crippen LogP contribution in [0.15, 0.2) is 138 Å². The van der Waals surface area contributed by atoms with Crippen LogP contribution in [0, 0.1) is 0 Å². The second kappa shape index (κ2) is 7.69. The summed E-state index contributed by atoms with van der Waals surface area (Å²) in [6, 6.07) is 48.2. The minimum atomic E-state index is 0.918. The van der Waals surface area contributed by atoms with Crippen molar-refractivity contribution in [2.45, 2.75) is 0 Å². The van der Waals surface area contributed by atoms with Crippen LogP contribution in [0.25, 0.3) is 88.0 Å². The minimum absolute atomic E-state index is 0.918. The first-order valence-corrected chi connectivity index (χ1v) is 13.4. The minimum Gasteiger partial charge on any atom is -0.455 e. The molecule has 1 aliphatic carbocycles. The van der Waals surface area contributed by atoms with Crippen LogP contribution in [0.4, 0.5) is 0 Å². The number of fused-ring (bicyclic) bond motifs is 7. The molecule has 0 atom stereocenters. The first-order valence-electron chi connectivity index (χ1n) is 13.4. The number of rotatable bonds is 2. The predicted octanol–water partition coefficient (Wildman–Crippen LogP) is 10.9. The van der Waals surface area contributed by atoms with Gasteiger partial charge in [0.15, 0.2) is 0 Å². The lowest BCUT2D eigenvalue weighted by atomic mass is 9.93. The molecule has 0 bridgehead atoms. The summed E-state index contributed by atoms with van der Waals surface area (Å²) in [6.07, 6.45) is 0. The molecule has 180 valence electrons. The highest BCUT2D eigenvalue weighted by molar-refractivity contribution is 6.19. The quantitative estimate of drug-likeness (QED) is 0.233. The molecule has 1 aromatic heterocycles. The molecule has 0 fully saturated rings. The van der Waals surface area contributed by atoms with E-state index in [4.69, 9.17) is 4.42 Å². The fraction of sp³-hybridized carbons (Fsp3) is 0. The molecular formula is C38H22O. The lowest BCUT2D eigenvalue weighted by molar-refractivity contribution is 0.670. The number of hydrogen-bond acceptors (Lipinski definition) is 1. The molecule has 39 heavy (non-hydrogen) atoms. The van der Waals surface area contributed by atoms with Crippen molar-refractivity contribution in [3.05, 3.63) is 133 Å². The molecule has 1 nitrogen and oxygen atoms in total. The van der Waals surface area contributed by atoms with Gasteiger partial charge in [0.2, 0.25) is 0 Å². The summed E-state index contributed by atoms with van der Waals surface area (Å²) in [5, 5.41) is 7.45. The average molecular weight is 495 g/mol. The van der Waals surface area contributed by atoms with E-state index in [0.717, 1.165) is 22.1 Å². The Hall–Kier alpha value is -5.14. The van der Waals surface area contributed by atoms with Gasteiger partial charge in [-0.2, -0.15) is 0 Å². The molecule has 1 heterocycles. The standard InChI is InChI=1S/C38H22O/c1-2-12-26-23(8-1)9-3-14-28(26)32-17-6-18-33-37-27(13-7-19-35(37)39-38(32)33)25-20-21-29-30-15-4-10-24-11-5-16-31(36(24)30)34(29)22-25/h1-22H. The fourth-order valence-electron chi connectivity index (χ4n) is 6.72. The lowest BCUT2D eigenvalue weighted by Gasteiger charge is -2.09. The Bertz CT molecular complexity index is 2270. The van der Waals surface area contributed by atoms with Crippen molar-refractivity contribution in [3.63, 3.8) is 0 Å². The maximum atomic E-state index is 6.64. The van der Waals surface area contributed by atoms with Crippen LogP contribution >= 0.6 is 0 Å². The molecule has 0 amide bonds. The van der Waals surface area contributed by atoms with Crippen molar-refractivity contribution < 1.29 is 4.42 Å². The zero-order chi connectivity index (χ0) is 25.5. The van der Waals surface area contributed by atoms with Gasteiger partial charge in [-0.25, -0.2) is 0 Å². The molecule has 1 heteroatoms. The van der Waals surface area contributed by atoms with E-state index in [1.54, 1.807) is 0 Å². The molecule has 0 radical (unpaired) electrons. The zero-order valence-electron chi connectivity index (χ0n) is 21.1. The lowest BCUT2D eigenvalue weighted by Crippen LogP contribution is -1.84. The third-order valence-electron chi connectivity index (χ3n) is 8.42. The smallest absolute Gasteiger partial charge is 0.143 e. The Morgan fingerprint density at radius 2 is 1.00 bits per heavy atom. The van der Waals surface area contributed by atoms with Gasteiger partial charge in [-0.3, -0.25) is 0 Å². The van der Waals surface area contributed by atoms with E-state index in [1.165, 1.54) is 65.9 Å². The number of para-hydroxylation sites is 1. The maximum absolute atomic E-state index is 6.64. The van der Waals surface area contributed by atoms with E-state index >= 15 is 0 Å². The van der Waals surface area contributed by atoms with Gasteiger partial charge in [-0.15, -0.1) is 0 Å². The SMILES string of the molecule is c1ccc2c(-c3cccc4c3oc3cccc(-c5ccc6c(c5)-c5cccc7cccc-6c57)c34)cccc2c1. The van der Waals surface area contributed by atoms with Crippen LogP contribution in [-0.4, -0.2) is 0 Å². The maximum Gasteiger partial charge on any atom is 0.143 e. The molecule has 8 aromatic rings. The van der Waals surface area contributed by atoms with Gasteiger partial charge in [0.05, 0.1) is 0 Å². The van der Waals surface area contributed by atoms with Crippen molar-refractivity contribution >= 4 is 43.5 Å². The van der Waals surface area contributed by atoms with E-state index in [0.29, 0.717) is 0 Å². The van der Waals surface area contributed by atoms with Crippen molar-refractivity contribution in [1.29, 1.82) is 0 Å². The Morgan fingerprint density at radius 3 is 1.90 bits per heavy atom. The molecule has 0 N–H and O–H groups in total. The third kappa shape index (κ3) is 2.85. The summed E-state index contributed by atoms with van der Waals surface area (Å²) in [5.74, 6) is 0. The van der Waals surface area contributed by atoms with Crippen LogP contribution in [0.5, 0.6) is 0 Å². The molecule has 7 aromatic carbocycles. The fourth-order valence-corrected chi connectivity index (χ4v) is 6.72. The Kier molecular flexibility index (Phi) is 4.11. The highest BCUT2D eigenvalue weighted by atomic mass is 16.3. The van der Waals surface area contributed by atoms with Gasteiger partial charge in [0.25, 0.3) is 0 Å². The van der Waals surface area contributed by atoms with Gasteiger partial charge < -0.3 is 4.42 Å². The topological polar surface area (TPSA) is 13.1 Å². The van der Waals surface area contributed by atoms with Crippen molar-refractivity contribution in [2.75, 3.05) is 0 Å². The molecule has 0 unspecified atom stereocenters. The largest absolute Gasteiger partial charge is 0.455 e. The molecule has 0 aliphatic heterocycles. The van der Waals surface area contributed by atoms with E-state index in [1.807, 2.05) is 0 Å². The number of furan rings is 1. The van der Waals surface area contributed by atoms with Gasteiger partial charge in [-0.05, 0) is 72.6 Å². The van der Waals surface area contributed by atoms with Crippen molar-refractivity contribution in [1.82, 2.24) is 0 Å². The second-order valence-electron chi connectivity index (χ2n) is 10.5. The summed E-state index contributed by atoms with van der Waals surface area (Å²) in [4.78, 5) is 0. The zero-order valence-corrected chi connectivity index (χ0v) is 21.1. The Labute approximate surface area is 225 Å². The van der Waals surface area contributed by atoms with Crippen molar-refractivity contribution in [2.24, 2.45) is 0 Å². The number of hydrogen-bond donors (Lipinski definition) is 0. The van der Waals surface area contributed by atoms with Crippen LogP contribution in [-0.2, 0) is 0 Å². The monoisotopic (exact) mass is 494 g/mol. The predicted molar refractivity (Wildman–Crippen MR) is 164 cm³/mol. The van der Waals surface area contributed by atoms with Gasteiger partial charge in [-0.1, -0.05) is 121 Å². The summed E-state index contributed by atoms with van der Waals surface area (Å²) in [7, 11) is 0. The Morgan fingerprint density at radius 1 is 0.359 bits per heavy atom. The van der Waals surface area contributed by atoms with E-state index in [-0.39, 0.29) is 0 Å². The summed E-state index contributed by atoms with van der Waals surface area (Å²) < 4.78 is 6.64. The highest BCUT2D eigenvalue weighted by Gasteiger charge is 2.22. The normalized spacial score (nSPS) is 12.1. The van der Waals surface area contributed by atoms with Gasteiger partial charge in [0.1, 0.15) is 11.2 Å². The molecular weight excluding hydrogens is 472 g/mol. The highest BCUT2D eigenvalue weighted by Crippen LogP contribution is 2.49. The second-order valence-corrected chi connectivity index (χ2v) is 10.5. The first kappa shape index (κ1) is 20.9. The molecule has 0 saturated heterocycles. The summed E-state index contributed by atoms with van der Waals surface area (Å²) >= 11 is 0. The van der Waals surface area contributed by atoms with Crippen LogP contribution in [0.1, 0.15) is 0 Å².